The van der Waals surface area contributed by atoms with E-state index in [0.29, 0.717) is 24.5 Å². The van der Waals surface area contributed by atoms with Gasteiger partial charge < -0.3 is 15.8 Å². The van der Waals surface area contributed by atoms with Gasteiger partial charge in [0, 0.05) is 12.7 Å². The molecule has 0 radical (unpaired) electrons. The molecule has 3 heterocycles. The predicted octanol–water partition coefficient (Wildman–Crippen LogP) is 0.107. The molecule has 21 heavy (non-hydrogen) atoms. The Morgan fingerprint density at radius 2 is 2.43 bits per heavy atom. The summed E-state index contributed by atoms with van der Waals surface area (Å²) in [6, 6.07) is 3.51. The molecule has 0 aromatic carbocycles. The Hall–Kier alpha value is -2.32. The molecule has 0 aliphatic carbocycles. The van der Waals surface area contributed by atoms with Gasteiger partial charge in [0.1, 0.15) is 18.8 Å². The maximum Gasteiger partial charge on any atom is 0.253 e. The zero-order chi connectivity index (χ0) is 14.7. The van der Waals surface area contributed by atoms with E-state index in [1.165, 1.54) is 17.3 Å². The van der Waals surface area contributed by atoms with Crippen LogP contribution in [0.2, 0.25) is 0 Å². The van der Waals surface area contributed by atoms with E-state index >= 15 is 0 Å². The van der Waals surface area contributed by atoms with Gasteiger partial charge in [-0.2, -0.15) is 5.10 Å². The molecule has 1 aliphatic rings. The number of nitrogens with zero attached hydrogens (tertiary/aromatic N) is 4. The first-order chi connectivity index (χ1) is 10.3. The lowest BCUT2D eigenvalue weighted by atomic mass is 10.2. The third-order valence-corrected chi connectivity index (χ3v) is 3.34. The van der Waals surface area contributed by atoms with Crippen molar-refractivity contribution in [2.45, 2.75) is 25.0 Å². The first kappa shape index (κ1) is 13.7. The van der Waals surface area contributed by atoms with Crippen LogP contribution >= 0.6 is 0 Å². The lowest BCUT2D eigenvalue weighted by Crippen LogP contribution is -2.30. The second kappa shape index (κ2) is 5.98. The molecular weight excluding hydrogens is 272 g/mol. The Balaban J connectivity index is 1.75. The van der Waals surface area contributed by atoms with E-state index in [1.54, 1.807) is 18.3 Å². The van der Waals surface area contributed by atoms with Gasteiger partial charge in [0.2, 0.25) is 0 Å². The standard InChI is InChI=1S/C13H16N6O2/c14-6-9-3-4-11(21-9)13(20)18-10-2-1-5-16-12(10)19-8-15-7-17-19/h1-2,5,7-9,11H,3-4,6,14H2,(H,18,20). The number of amides is 1. The highest BCUT2D eigenvalue weighted by Crippen LogP contribution is 2.22. The highest BCUT2D eigenvalue weighted by atomic mass is 16.5. The Bertz CT molecular complexity index is 615. The lowest BCUT2D eigenvalue weighted by molar-refractivity contribution is -0.126. The normalized spacial score (nSPS) is 21.4. The first-order valence-electron chi connectivity index (χ1n) is 6.74. The molecule has 2 aromatic heterocycles. The van der Waals surface area contributed by atoms with E-state index in [2.05, 4.69) is 20.4 Å². The highest BCUT2D eigenvalue weighted by molar-refractivity contribution is 5.95. The SMILES string of the molecule is NCC1CCC(C(=O)Nc2cccnc2-n2cncn2)O1. The second-order valence-electron chi connectivity index (χ2n) is 4.76. The highest BCUT2D eigenvalue weighted by Gasteiger charge is 2.30. The fourth-order valence-corrected chi connectivity index (χ4v) is 2.28. The summed E-state index contributed by atoms with van der Waals surface area (Å²) in [5.41, 5.74) is 6.11. The summed E-state index contributed by atoms with van der Waals surface area (Å²) < 4.78 is 7.08. The molecule has 1 aliphatic heterocycles. The molecule has 2 atom stereocenters. The van der Waals surface area contributed by atoms with Gasteiger partial charge in [-0.25, -0.2) is 14.6 Å². The third-order valence-electron chi connectivity index (χ3n) is 3.34. The Labute approximate surface area is 121 Å². The molecule has 8 nitrogen and oxygen atoms in total. The van der Waals surface area contributed by atoms with Crippen LogP contribution in [0.1, 0.15) is 12.8 Å². The Kier molecular flexibility index (Phi) is 3.89. The first-order valence-corrected chi connectivity index (χ1v) is 6.74. The van der Waals surface area contributed by atoms with E-state index in [4.69, 9.17) is 10.5 Å². The number of pyridine rings is 1. The topological polar surface area (TPSA) is 108 Å². The summed E-state index contributed by atoms with van der Waals surface area (Å²) in [4.78, 5) is 20.3. The molecule has 3 rings (SSSR count). The summed E-state index contributed by atoms with van der Waals surface area (Å²) >= 11 is 0. The van der Waals surface area contributed by atoms with Crippen molar-refractivity contribution >= 4 is 11.6 Å². The average Bonchev–Trinajstić information content (AvgIpc) is 3.19. The Morgan fingerprint density at radius 1 is 1.52 bits per heavy atom. The molecule has 1 amide bonds. The monoisotopic (exact) mass is 288 g/mol. The maximum absolute atomic E-state index is 12.2. The summed E-state index contributed by atoms with van der Waals surface area (Å²) in [5.74, 6) is 0.317. The van der Waals surface area contributed by atoms with Crippen molar-refractivity contribution in [3.8, 4) is 5.82 Å². The van der Waals surface area contributed by atoms with Crippen LogP contribution in [0.3, 0.4) is 0 Å². The van der Waals surface area contributed by atoms with Crippen molar-refractivity contribution < 1.29 is 9.53 Å². The number of carbonyl (C=O) groups is 1. The van der Waals surface area contributed by atoms with Crippen molar-refractivity contribution in [1.29, 1.82) is 0 Å². The van der Waals surface area contributed by atoms with Crippen molar-refractivity contribution in [3.63, 3.8) is 0 Å². The summed E-state index contributed by atoms with van der Waals surface area (Å²) in [6.07, 6.45) is 5.53. The van der Waals surface area contributed by atoms with E-state index in [0.717, 1.165) is 6.42 Å². The van der Waals surface area contributed by atoms with Gasteiger partial charge in [-0.05, 0) is 25.0 Å². The van der Waals surface area contributed by atoms with Crippen LogP contribution < -0.4 is 11.1 Å². The predicted molar refractivity (Wildman–Crippen MR) is 74.7 cm³/mol. The number of ether oxygens (including phenoxy) is 1. The van der Waals surface area contributed by atoms with Gasteiger partial charge in [-0.1, -0.05) is 0 Å². The van der Waals surface area contributed by atoms with Crippen LogP contribution in [0.4, 0.5) is 5.69 Å². The van der Waals surface area contributed by atoms with Crippen LogP contribution in [0.15, 0.2) is 31.0 Å². The minimum absolute atomic E-state index is 0.0376. The number of nitrogens with two attached hydrogens (primary N) is 1. The zero-order valence-corrected chi connectivity index (χ0v) is 11.3. The number of anilines is 1. The molecule has 110 valence electrons. The van der Waals surface area contributed by atoms with E-state index in [-0.39, 0.29) is 12.0 Å². The summed E-state index contributed by atoms with van der Waals surface area (Å²) in [6.45, 7) is 0.431. The van der Waals surface area contributed by atoms with Crippen LogP contribution in [-0.2, 0) is 9.53 Å². The van der Waals surface area contributed by atoms with Crippen molar-refractivity contribution in [2.75, 3.05) is 11.9 Å². The molecule has 0 bridgehead atoms. The fraction of sp³-hybridized carbons (Fsp3) is 0.385. The molecule has 1 fully saturated rings. The molecule has 2 aromatic rings. The minimum Gasteiger partial charge on any atom is -0.364 e. The van der Waals surface area contributed by atoms with Gasteiger partial charge in [0.25, 0.3) is 5.91 Å². The van der Waals surface area contributed by atoms with Gasteiger partial charge in [-0.3, -0.25) is 4.79 Å². The number of hydrogen-bond acceptors (Lipinski definition) is 6. The fourth-order valence-electron chi connectivity index (χ4n) is 2.28. The number of nitrogens with one attached hydrogen (secondary N) is 1. The maximum atomic E-state index is 12.2. The zero-order valence-electron chi connectivity index (χ0n) is 11.3. The Morgan fingerprint density at radius 3 is 3.14 bits per heavy atom. The molecule has 1 saturated heterocycles. The number of aromatic nitrogens is 4. The van der Waals surface area contributed by atoms with Crippen LogP contribution in [0.5, 0.6) is 0 Å². The van der Waals surface area contributed by atoms with Crippen molar-refractivity contribution in [2.24, 2.45) is 5.73 Å². The van der Waals surface area contributed by atoms with Gasteiger partial charge >= 0.3 is 0 Å². The second-order valence-corrected chi connectivity index (χ2v) is 4.76. The number of rotatable bonds is 4. The summed E-state index contributed by atoms with van der Waals surface area (Å²) in [5, 5.41) is 6.85. The molecule has 0 saturated carbocycles. The van der Waals surface area contributed by atoms with Crippen molar-refractivity contribution in [1.82, 2.24) is 19.7 Å². The molecule has 8 heteroatoms. The largest absolute Gasteiger partial charge is 0.364 e. The molecule has 3 N–H and O–H groups in total. The number of carbonyl (C=O) groups excluding carboxylic acids is 1. The third kappa shape index (κ3) is 2.91. The van der Waals surface area contributed by atoms with E-state index in [1.807, 2.05) is 0 Å². The van der Waals surface area contributed by atoms with Gasteiger partial charge in [0.15, 0.2) is 5.82 Å². The molecular formula is C13H16N6O2. The molecule has 0 spiro atoms. The van der Waals surface area contributed by atoms with Gasteiger partial charge in [0.05, 0.1) is 11.8 Å². The quantitative estimate of drug-likeness (QED) is 0.826. The summed E-state index contributed by atoms with van der Waals surface area (Å²) in [7, 11) is 0. The van der Waals surface area contributed by atoms with E-state index < -0.39 is 6.10 Å². The molecule has 2 unspecified atom stereocenters. The van der Waals surface area contributed by atoms with Crippen LogP contribution in [-0.4, -0.2) is 44.4 Å². The lowest BCUT2D eigenvalue weighted by Gasteiger charge is -2.14. The van der Waals surface area contributed by atoms with Crippen LogP contribution in [0.25, 0.3) is 5.82 Å². The number of hydrogen-bond donors (Lipinski definition) is 2. The van der Waals surface area contributed by atoms with Crippen molar-refractivity contribution in [3.05, 3.63) is 31.0 Å². The van der Waals surface area contributed by atoms with E-state index in [9.17, 15) is 4.79 Å². The van der Waals surface area contributed by atoms with Crippen LogP contribution in [0, 0.1) is 0 Å². The average molecular weight is 288 g/mol. The minimum atomic E-state index is -0.470. The smallest absolute Gasteiger partial charge is 0.253 e. The van der Waals surface area contributed by atoms with Gasteiger partial charge in [-0.15, -0.1) is 0 Å².